The highest BCUT2D eigenvalue weighted by Crippen LogP contribution is 2.37. The first-order valence-electron chi connectivity index (χ1n) is 6.58. The van der Waals surface area contributed by atoms with Crippen LogP contribution in [0, 0.1) is 0 Å². The maximum absolute atomic E-state index is 12.5. The normalized spacial score (nSPS) is 12.5. The molecule has 3 nitrogen and oxygen atoms in total. The topological polar surface area (TPSA) is 54.4 Å². The molecule has 22 heavy (non-hydrogen) atoms. The smallest absolute Gasteiger partial charge is 0.182 e. The Bertz CT molecular complexity index is 766. The molecule has 0 unspecified atom stereocenters. The van der Waals surface area contributed by atoms with E-state index in [0.29, 0.717) is 6.42 Å². The van der Waals surface area contributed by atoms with E-state index in [1.807, 2.05) is 31.4 Å². The Kier molecular flexibility index (Phi) is 5.12. The summed E-state index contributed by atoms with van der Waals surface area (Å²) in [5, 5.41) is 12.0. The Morgan fingerprint density at radius 2 is 1.95 bits per heavy atom. The van der Waals surface area contributed by atoms with Gasteiger partial charge in [0.2, 0.25) is 0 Å². The van der Waals surface area contributed by atoms with Crippen molar-refractivity contribution in [3.8, 4) is 5.75 Å². The number of hydrogen-bond acceptors (Lipinski definition) is 4. The predicted octanol–water partition coefficient (Wildman–Crippen LogP) is 4.90. The lowest BCUT2D eigenvalue weighted by Crippen LogP contribution is -2.21. The van der Waals surface area contributed by atoms with Gasteiger partial charge in [-0.3, -0.25) is 0 Å². The summed E-state index contributed by atoms with van der Waals surface area (Å²) < 4.78 is 25.0. The van der Waals surface area contributed by atoms with Crippen LogP contribution in [0.5, 0.6) is 5.75 Å². The Labute approximate surface area is 144 Å². The molecule has 0 atom stereocenters. The molecule has 7 heteroatoms. The van der Waals surface area contributed by atoms with E-state index >= 15 is 0 Å². The summed E-state index contributed by atoms with van der Waals surface area (Å²) in [5.74, 6) is -0.540. The fourth-order valence-corrected chi connectivity index (χ4v) is 5.27. The van der Waals surface area contributed by atoms with Crippen LogP contribution >= 0.6 is 34.5 Å². The summed E-state index contributed by atoms with van der Waals surface area (Å²) in [6, 6.07) is 6.48. The van der Waals surface area contributed by atoms with Gasteiger partial charge in [-0.25, -0.2) is 8.42 Å². The van der Waals surface area contributed by atoms with Gasteiger partial charge in [-0.2, -0.15) is 0 Å². The average Bonchev–Trinajstić information content (AvgIpc) is 2.95. The van der Waals surface area contributed by atoms with Gasteiger partial charge in [-0.15, -0.1) is 11.3 Å². The fraction of sp³-hybridized carbons (Fsp3) is 0.333. The molecule has 0 amide bonds. The monoisotopic (exact) mass is 378 g/mol. The van der Waals surface area contributed by atoms with Crippen LogP contribution in [0.2, 0.25) is 10.0 Å². The van der Waals surface area contributed by atoms with Crippen molar-refractivity contribution in [3.63, 3.8) is 0 Å². The molecule has 0 aliphatic carbocycles. The number of sulfone groups is 1. The van der Waals surface area contributed by atoms with Crippen LogP contribution in [0.15, 0.2) is 34.5 Å². The number of hydrogen-bond donors (Lipinski definition) is 1. The van der Waals surface area contributed by atoms with E-state index in [9.17, 15) is 13.5 Å². The number of halogens is 2. The van der Waals surface area contributed by atoms with Crippen molar-refractivity contribution in [1.29, 1.82) is 0 Å². The third-order valence-electron chi connectivity index (χ3n) is 3.51. The molecular formula is C15H16Cl2O3S2. The van der Waals surface area contributed by atoms with Gasteiger partial charge in [0, 0.05) is 15.3 Å². The van der Waals surface area contributed by atoms with Gasteiger partial charge in [0.1, 0.15) is 4.90 Å². The molecule has 1 aromatic heterocycles. The SMILES string of the molecule is CC(C)(CCS(=O)(=O)c1cc(Cl)cc(Cl)c1O)c1cccs1. The maximum atomic E-state index is 12.5. The molecule has 1 N–H and O–H groups in total. The molecule has 0 bridgehead atoms. The first kappa shape index (κ1) is 17.6. The molecular weight excluding hydrogens is 363 g/mol. The van der Waals surface area contributed by atoms with E-state index in [1.54, 1.807) is 11.3 Å². The zero-order valence-electron chi connectivity index (χ0n) is 12.1. The van der Waals surface area contributed by atoms with Gasteiger partial charge in [-0.05, 0) is 30.0 Å². The predicted molar refractivity (Wildman–Crippen MR) is 92.1 cm³/mol. The van der Waals surface area contributed by atoms with E-state index < -0.39 is 15.6 Å². The van der Waals surface area contributed by atoms with E-state index in [1.165, 1.54) is 12.1 Å². The van der Waals surface area contributed by atoms with Gasteiger partial charge < -0.3 is 5.11 Å². The molecule has 2 aromatic rings. The van der Waals surface area contributed by atoms with Crippen molar-refractivity contribution in [2.75, 3.05) is 5.75 Å². The zero-order chi connectivity index (χ0) is 16.5. The number of aromatic hydroxyl groups is 1. The highest BCUT2D eigenvalue weighted by Gasteiger charge is 2.28. The second-order valence-electron chi connectivity index (χ2n) is 5.66. The molecule has 0 aliphatic rings. The number of rotatable bonds is 5. The Morgan fingerprint density at radius 3 is 2.55 bits per heavy atom. The molecule has 0 radical (unpaired) electrons. The number of phenols is 1. The van der Waals surface area contributed by atoms with E-state index in [0.717, 1.165) is 4.88 Å². The molecule has 0 saturated carbocycles. The van der Waals surface area contributed by atoms with E-state index in [2.05, 4.69) is 0 Å². The summed E-state index contributed by atoms with van der Waals surface area (Å²) in [6.07, 6.45) is 0.430. The van der Waals surface area contributed by atoms with Gasteiger partial charge in [0.05, 0.1) is 10.8 Å². The van der Waals surface area contributed by atoms with Crippen molar-refractivity contribution in [2.24, 2.45) is 0 Å². The quantitative estimate of drug-likeness (QED) is 0.804. The largest absolute Gasteiger partial charge is 0.505 e. The Balaban J connectivity index is 2.26. The molecule has 0 aliphatic heterocycles. The zero-order valence-corrected chi connectivity index (χ0v) is 15.3. The van der Waals surface area contributed by atoms with Crippen LogP contribution in [0.3, 0.4) is 0 Å². The van der Waals surface area contributed by atoms with Crippen LogP contribution in [-0.2, 0) is 15.3 Å². The Morgan fingerprint density at radius 1 is 1.27 bits per heavy atom. The van der Waals surface area contributed by atoms with Crippen LogP contribution in [-0.4, -0.2) is 19.3 Å². The van der Waals surface area contributed by atoms with Crippen molar-refractivity contribution in [2.45, 2.75) is 30.6 Å². The summed E-state index contributed by atoms with van der Waals surface area (Å²) in [4.78, 5) is 0.906. The van der Waals surface area contributed by atoms with Gasteiger partial charge in [-0.1, -0.05) is 43.1 Å². The van der Waals surface area contributed by atoms with Crippen LogP contribution in [0.4, 0.5) is 0 Å². The highest BCUT2D eigenvalue weighted by atomic mass is 35.5. The number of phenolic OH excluding ortho intramolecular Hbond substituents is 1. The van der Waals surface area contributed by atoms with Crippen LogP contribution < -0.4 is 0 Å². The molecule has 0 saturated heterocycles. The lowest BCUT2D eigenvalue weighted by molar-refractivity contribution is 0.457. The van der Waals surface area contributed by atoms with Gasteiger partial charge in [0.25, 0.3) is 0 Å². The second kappa shape index (κ2) is 6.40. The van der Waals surface area contributed by atoms with Crippen LogP contribution in [0.25, 0.3) is 0 Å². The molecule has 1 heterocycles. The molecule has 0 spiro atoms. The minimum atomic E-state index is -3.67. The first-order valence-corrected chi connectivity index (χ1v) is 9.87. The van der Waals surface area contributed by atoms with Gasteiger partial charge >= 0.3 is 0 Å². The molecule has 1 aromatic carbocycles. The molecule has 2 rings (SSSR count). The maximum Gasteiger partial charge on any atom is 0.182 e. The standard InChI is InChI=1S/C15H16Cl2O3S2/c1-15(2,13-4-3-6-21-13)5-7-22(19,20)12-9-10(16)8-11(17)14(12)18/h3-4,6,8-9,18H,5,7H2,1-2H3. The minimum absolute atomic E-state index is 0.0661. The van der Waals surface area contributed by atoms with Crippen molar-refractivity contribution >= 4 is 44.4 Å². The first-order chi connectivity index (χ1) is 10.1. The van der Waals surface area contributed by atoms with Gasteiger partial charge in [0.15, 0.2) is 15.6 Å². The minimum Gasteiger partial charge on any atom is -0.505 e. The summed E-state index contributed by atoms with van der Waals surface area (Å²) in [7, 11) is -3.67. The lowest BCUT2D eigenvalue weighted by atomic mass is 9.88. The average molecular weight is 379 g/mol. The lowest BCUT2D eigenvalue weighted by Gasteiger charge is -2.23. The summed E-state index contributed by atoms with van der Waals surface area (Å²) in [5.41, 5.74) is -0.265. The molecule has 0 fully saturated rings. The van der Waals surface area contributed by atoms with Crippen LogP contribution in [0.1, 0.15) is 25.1 Å². The molecule has 120 valence electrons. The van der Waals surface area contributed by atoms with Crippen molar-refractivity contribution < 1.29 is 13.5 Å². The number of benzene rings is 1. The fourth-order valence-electron chi connectivity index (χ4n) is 2.07. The third-order valence-corrected chi connectivity index (χ3v) is 6.98. The highest BCUT2D eigenvalue weighted by molar-refractivity contribution is 7.91. The second-order valence-corrected chi connectivity index (χ2v) is 9.53. The van der Waals surface area contributed by atoms with E-state index in [4.69, 9.17) is 23.2 Å². The Hall–Kier alpha value is -0.750. The summed E-state index contributed by atoms with van der Waals surface area (Å²) in [6.45, 7) is 4.00. The number of thiophene rings is 1. The van der Waals surface area contributed by atoms with Crippen molar-refractivity contribution in [3.05, 3.63) is 44.6 Å². The third kappa shape index (κ3) is 3.77. The van der Waals surface area contributed by atoms with Crippen molar-refractivity contribution in [1.82, 2.24) is 0 Å². The summed E-state index contributed by atoms with van der Waals surface area (Å²) >= 11 is 13.2. The van der Waals surface area contributed by atoms with E-state index in [-0.39, 0.29) is 26.1 Å².